The van der Waals surface area contributed by atoms with Gasteiger partial charge in [-0.1, -0.05) is 35.3 Å². The van der Waals surface area contributed by atoms with Gasteiger partial charge in [0.2, 0.25) is 0 Å². The monoisotopic (exact) mass is 474 g/mol. The molecule has 0 saturated heterocycles. The van der Waals surface area contributed by atoms with E-state index in [0.717, 1.165) is 12.1 Å². The van der Waals surface area contributed by atoms with Gasteiger partial charge in [0, 0.05) is 24.3 Å². The second-order valence-electron chi connectivity index (χ2n) is 6.30. The molecular formula is C20H12Cl2N4O6. The Labute approximate surface area is 190 Å². The highest BCUT2D eigenvalue weighted by molar-refractivity contribution is 6.34. The van der Waals surface area contributed by atoms with Crippen LogP contribution in [0.15, 0.2) is 60.7 Å². The second-order valence-corrected chi connectivity index (χ2v) is 7.11. The molecule has 0 saturated carbocycles. The van der Waals surface area contributed by atoms with Gasteiger partial charge in [-0.15, -0.1) is 0 Å². The molecule has 162 valence electrons. The van der Waals surface area contributed by atoms with Crippen molar-refractivity contribution in [2.75, 3.05) is 10.6 Å². The van der Waals surface area contributed by atoms with Crippen LogP contribution in [0.4, 0.5) is 22.7 Å². The molecule has 12 heteroatoms. The Morgan fingerprint density at radius 3 is 1.41 bits per heavy atom. The van der Waals surface area contributed by atoms with Crippen LogP contribution in [-0.2, 0) is 0 Å². The molecule has 0 radical (unpaired) electrons. The highest BCUT2D eigenvalue weighted by atomic mass is 35.5. The molecule has 0 aliphatic rings. The van der Waals surface area contributed by atoms with Gasteiger partial charge in [-0.05, 0) is 24.3 Å². The van der Waals surface area contributed by atoms with Crippen LogP contribution in [0.25, 0.3) is 0 Å². The maximum Gasteiger partial charge on any atom is 0.271 e. The average molecular weight is 475 g/mol. The van der Waals surface area contributed by atoms with Crippen molar-refractivity contribution in [3.8, 4) is 0 Å². The van der Waals surface area contributed by atoms with Gasteiger partial charge < -0.3 is 10.6 Å². The molecular weight excluding hydrogens is 463 g/mol. The van der Waals surface area contributed by atoms with Gasteiger partial charge in [0.25, 0.3) is 23.2 Å². The zero-order chi connectivity index (χ0) is 23.4. The fraction of sp³-hybridized carbons (Fsp3) is 0. The van der Waals surface area contributed by atoms with E-state index in [-0.39, 0.29) is 43.9 Å². The van der Waals surface area contributed by atoms with Gasteiger partial charge in [0.15, 0.2) is 0 Å². The Morgan fingerprint density at radius 2 is 1.06 bits per heavy atom. The van der Waals surface area contributed by atoms with Crippen molar-refractivity contribution in [2.24, 2.45) is 0 Å². The Bertz CT molecular complexity index is 1170. The van der Waals surface area contributed by atoms with E-state index >= 15 is 0 Å². The van der Waals surface area contributed by atoms with Crippen LogP contribution in [-0.4, -0.2) is 21.7 Å². The first-order valence-electron chi connectivity index (χ1n) is 8.77. The number of anilines is 2. The number of carbonyl (C=O) groups excluding carboxylic acids is 2. The van der Waals surface area contributed by atoms with Crippen LogP contribution in [0, 0.1) is 20.2 Å². The Hall–Kier alpha value is -4.02. The van der Waals surface area contributed by atoms with Crippen molar-refractivity contribution in [2.45, 2.75) is 0 Å². The standard InChI is InChI=1S/C20H12Cl2N4O6/c21-15-7-5-11(25(29)30)9-17(15)23-19(27)13-3-1-2-4-14(13)20(28)24-18-10-12(26(31)32)6-8-16(18)22/h1-10H,(H,23,27)(H,24,28). The first-order valence-corrected chi connectivity index (χ1v) is 9.52. The van der Waals surface area contributed by atoms with E-state index in [1.807, 2.05) is 0 Å². The summed E-state index contributed by atoms with van der Waals surface area (Å²) in [4.78, 5) is 46.3. The molecule has 0 atom stereocenters. The largest absolute Gasteiger partial charge is 0.320 e. The summed E-state index contributed by atoms with van der Waals surface area (Å²) in [6.07, 6.45) is 0. The number of nitro groups is 2. The van der Waals surface area contributed by atoms with Crippen molar-refractivity contribution in [3.63, 3.8) is 0 Å². The smallest absolute Gasteiger partial charge is 0.271 e. The van der Waals surface area contributed by atoms with Crippen molar-refractivity contribution >= 4 is 57.8 Å². The normalized spacial score (nSPS) is 10.3. The van der Waals surface area contributed by atoms with Crippen molar-refractivity contribution < 1.29 is 19.4 Å². The number of halogens is 2. The van der Waals surface area contributed by atoms with Crippen LogP contribution in [0.1, 0.15) is 20.7 Å². The van der Waals surface area contributed by atoms with Gasteiger partial charge >= 0.3 is 0 Å². The van der Waals surface area contributed by atoms with E-state index in [2.05, 4.69) is 10.6 Å². The highest BCUT2D eigenvalue weighted by Gasteiger charge is 2.20. The summed E-state index contributed by atoms with van der Waals surface area (Å²) in [5.41, 5.74) is -0.707. The lowest BCUT2D eigenvalue weighted by molar-refractivity contribution is -0.385. The number of carbonyl (C=O) groups is 2. The molecule has 0 aromatic heterocycles. The lowest BCUT2D eigenvalue weighted by atomic mass is 10.1. The average Bonchev–Trinajstić information content (AvgIpc) is 2.76. The predicted molar refractivity (Wildman–Crippen MR) is 119 cm³/mol. The highest BCUT2D eigenvalue weighted by Crippen LogP contribution is 2.29. The number of rotatable bonds is 6. The summed E-state index contributed by atoms with van der Waals surface area (Å²) in [5.74, 6) is -1.49. The maximum atomic E-state index is 12.8. The van der Waals surface area contributed by atoms with Crippen LogP contribution < -0.4 is 10.6 Å². The molecule has 3 aromatic carbocycles. The quantitative estimate of drug-likeness (QED) is 0.365. The molecule has 32 heavy (non-hydrogen) atoms. The van der Waals surface area contributed by atoms with Crippen molar-refractivity contribution in [1.29, 1.82) is 0 Å². The Kier molecular flexibility index (Phi) is 6.67. The molecule has 3 aromatic rings. The summed E-state index contributed by atoms with van der Waals surface area (Å²) in [6.45, 7) is 0. The summed E-state index contributed by atoms with van der Waals surface area (Å²) < 4.78 is 0. The Balaban J connectivity index is 1.89. The number of hydrogen-bond acceptors (Lipinski definition) is 6. The number of benzene rings is 3. The SMILES string of the molecule is O=C(Nc1cc([N+](=O)[O-])ccc1Cl)c1ccccc1C(=O)Nc1cc([N+](=O)[O-])ccc1Cl. The van der Waals surface area contributed by atoms with Gasteiger partial charge in [-0.3, -0.25) is 29.8 Å². The van der Waals surface area contributed by atoms with Crippen LogP contribution in [0.3, 0.4) is 0 Å². The van der Waals surface area contributed by atoms with Crippen LogP contribution in [0.5, 0.6) is 0 Å². The number of hydrogen-bond donors (Lipinski definition) is 2. The second kappa shape index (κ2) is 9.41. The first-order chi connectivity index (χ1) is 15.2. The van der Waals surface area contributed by atoms with Crippen molar-refractivity contribution in [1.82, 2.24) is 0 Å². The third-order valence-corrected chi connectivity index (χ3v) is 4.89. The topological polar surface area (TPSA) is 144 Å². The third-order valence-electron chi connectivity index (χ3n) is 4.23. The van der Waals surface area contributed by atoms with Crippen molar-refractivity contribution in [3.05, 3.63) is 102 Å². The minimum Gasteiger partial charge on any atom is -0.320 e. The minimum absolute atomic E-state index is 0.0113. The van der Waals surface area contributed by atoms with E-state index in [1.165, 1.54) is 48.5 Å². The van der Waals surface area contributed by atoms with E-state index < -0.39 is 21.7 Å². The summed E-state index contributed by atoms with van der Waals surface area (Å²) in [5, 5.41) is 27.0. The van der Waals surface area contributed by atoms with Crippen LogP contribution in [0.2, 0.25) is 10.0 Å². The summed E-state index contributed by atoms with van der Waals surface area (Å²) >= 11 is 12.0. The van der Waals surface area contributed by atoms with Gasteiger partial charge in [-0.25, -0.2) is 0 Å². The van der Waals surface area contributed by atoms with Gasteiger partial charge in [-0.2, -0.15) is 0 Å². The molecule has 0 spiro atoms. The summed E-state index contributed by atoms with van der Waals surface area (Å²) in [7, 11) is 0. The number of nitro benzene ring substituents is 2. The molecule has 0 heterocycles. The number of nitrogens with zero attached hydrogens (tertiary/aromatic N) is 2. The fourth-order valence-corrected chi connectivity index (χ4v) is 3.03. The minimum atomic E-state index is -0.747. The summed E-state index contributed by atoms with van der Waals surface area (Å²) in [6, 6.07) is 12.8. The molecule has 0 bridgehead atoms. The molecule has 0 unspecified atom stereocenters. The zero-order valence-corrected chi connectivity index (χ0v) is 17.4. The third kappa shape index (κ3) is 4.99. The number of nitrogens with one attached hydrogen (secondary N) is 2. The molecule has 0 aliphatic carbocycles. The van der Waals surface area contributed by atoms with Crippen LogP contribution >= 0.6 is 23.2 Å². The first kappa shape index (κ1) is 22.7. The maximum absolute atomic E-state index is 12.8. The predicted octanol–water partition coefficient (Wildman–Crippen LogP) is 5.31. The molecule has 0 aliphatic heterocycles. The van der Waals surface area contributed by atoms with E-state index in [9.17, 15) is 29.8 Å². The lowest BCUT2D eigenvalue weighted by Crippen LogP contribution is -2.20. The molecule has 2 amide bonds. The molecule has 2 N–H and O–H groups in total. The van der Waals surface area contributed by atoms with E-state index in [1.54, 1.807) is 0 Å². The van der Waals surface area contributed by atoms with Gasteiger partial charge in [0.1, 0.15) is 0 Å². The fourth-order valence-electron chi connectivity index (χ4n) is 2.70. The Morgan fingerprint density at radius 1 is 0.688 bits per heavy atom. The lowest BCUT2D eigenvalue weighted by Gasteiger charge is -2.12. The molecule has 0 fully saturated rings. The van der Waals surface area contributed by atoms with E-state index in [4.69, 9.17) is 23.2 Å². The zero-order valence-electron chi connectivity index (χ0n) is 15.9. The number of amides is 2. The van der Waals surface area contributed by atoms with E-state index in [0.29, 0.717) is 0 Å². The number of non-ortho nitro benzene ring substituents is 2. The van der Waals surface area contributed by atoms with Gasteiger partial charge in [0.05, 0.1) is 42.4 Å². The molecule has 3 rings (SSSR count). The molecule has 10 nitrogen and oxygen atoms in total.